The summed E-state index contributed by atoms with van der Waals surface area (Å²) in [5, 5.41) is 10.8. The number of amides is 1. The first-order chi connectivity index (χ1) is 15.5. The predicted octanol–water partition coefficient (Wildman–Crippen LogP) is 4.88. The summed E-state index contributed by atoms with van der Waals surface area (Å²) in [6.07, 6.45) is -0.650. The molecule has 0 aliphatic carbocycles. The molecule has 10 heteroatoms. The lowest BCUT2D eigenvalue weighted by molar-refractivity contribution is -0.113. The van der Waals surface area contributed by atoms with Crippen LogP contribution < -0.4 is 19.5 Å². The largest absolute Gasteiger partial charge is 0.490 e. The third-order valence-electron chi connectivity index (χ3n) is 4.06. The Morgan fingerprint density at radius 3 is 2.59 bits per heavy atom. The highest BCUT2D eigenvalue weighted by molar-refractivity contribution is 7.99. The Balaban J connectivity index is 1.54. The minimum Gasteiger partial charge on any atom is -0.490 e. The van der Waals surface area contributed by atoms with Crippen LogP contribution in [0, 0.1) is 5.82 Å². The van der Waals surface area contributed by atoms with Gasteiger partial charge in [0.1, 0.15) is 0 Å². The number of nitrogens with zero attached hydrogens (tertiary/aromatic N) is 2. The molecule has 0 spiro atoms. The number of carbonyl (C=O) groups is 1. The van der Waals surface area contributed by atoms with Crippen LogP contribution in [0.2, 0.25) is 0 Å². The summed E-state index contributed by atoms with van der Waals surface area (Å²) < 4.78 is 35.9. The molecule has 1 N–H and O–H groups in total. The van der Waals surface area contributed by atoms with Crippen molar-refractivity contribution in [3.05, 3.63) is 54.2 Å². The number of anilines is 1. The van der Waals surface area contributed by atoms with E-state index in [-0.39, 0.29) is 28.5 Å². The van der Waals surface area contributed by atoms with Crippen molar-refractivity contribution in [2.45, 2.75) is 32.1 Å². The van der Waals surface area contributed by atoms with E-state index in [0.717, 1.165) is 11.8 Å². The lowest BCUT2D eigenvalue weighted by atomic mass is 10.2. The lowest BCUT2D eigenvalue weighted by Gasteiger charge is -2.12. The van der Waals surface area contributed by atoms with Crippen LogP contribution in [0.3, 0.4) is 0 Å². The number of rotatable bonds is 11. The Kier molecular flexibility index (Phi) is 8.32. The number of para-hydroxylation sites is 1. The zero-order valence-electron chi connectivity index (χ0n) is 18.0. The molecule has 0 aliphatic rings. The Hall–Kier alpha value is -3.27. The van der Waals surface area contributed by atoms with Gasteiger partial charge in [0.2, 0.25) is 5.91 Å². The van der Waals surface area contributed by atoms with E-state index in [1.807, 2.05) is 13.8 Å². The van der Waals surface area contributed by atoms with Crippen molar-refractivity contribution in [3.8, 4) is 17.2 Å². The maximum absolute atomic E-state index is 13.7. The fourth-order valence-corrected chi connectivity index (χ4v) is 3.25. The van der Waals surface area contributed by atoms with Crippen LogP contribution in [0.1, 0.15) is 32.8 Å². The molecule has 0 bridgehead atoms. The number of nitrogens with one attached hydrogen (secondary N) is 1. The second-order valence-corrected chi connectivity index (χ2v) is 7.39. The zero-order chi connectivity index (χ0) is 22.9. The second kappa shape index (κ2) is 11.4. The topological polar surface area (TPSA) is 95.7 Å². The average molecular weight is 462 g/mol. The van der Waals surface area contributed by atoms with Crippen LogP contribution in [0.25, 0.3) is 0 Å². The summed E-state index contributed by atoms with van der Waals surface area (Å²) in [6, 6.07) is 11.3. The van der Waals surface area contributed by atoms with Crippen molar-refractivity contribution in [3.63, 3.8) is 0 Å². The van der Waals surface area contributed by atoms with Gasteiger partial charge >= 0.3 is 0 Å². The van der Waals surface area contributed by atoms with Crippen molar-refractivity contribution in [2.75, 3.05) is 24.3 Å². The van der Waals surface area contributed by atoms with E-state index in [1.165, 1.54) is 12.1 Å². The summed E-state index contributed by atoms with van der Waals surface area (Å²) in [7, 11) is 0. The monoisotopic (exact) mass is 461 g/mol. The SMILES string of the molecule is CCOc1ccc(NC(=O)CSc2nnc(C(C)Oc3ccccc3F)o2)cc1OCC. The normalized spacial score (nSPS) is 11.6. The number of aromatic nitrogens is 2. The standard InChI is InChI=1S/C22H24FN3O5S/c1-4-28-18-11-10-15(12-19(18)29-5-2)24-20(27)13-32-22-26-25-21(31-22)14(3)30-17-9-7-6-8-16(17)23/h6-12,14H,4-5,13H2,1-3H3,(H,24,27). The summed E-state index contributed by atoms with van der Waals surface area (Å²) in [6.45, 7) is 6.42. The van der Waals surface area contributed by atoms with E-state index in [1.54, 1.807) is 37.3 Å². The van der Waals surface area contributed by atoms with Crippen molar-refractivity contribution in [2.24, 2.45) is 0 Å². The molecule has 1 aromatic heterocycles. The van der Waals surface area contributed by atoms with Crippen LogP contribution in [0.15, 0.2) is 52.1 Å². The first-order valence-corrected chi connectivity index (χ1v) is 11.1. The molecule has 1 amide bonds. The highest BCUT2D eigenvalue weighted by atomic mass is 32.2. The maximum Gasteiger partial charge on any atom is 0.277 e. The first-order valence-electron chi connectivity index (χ1n) is 10.1. The quantitative estimate of drug-likeness (QED) is 0.404. The minimum atomic E-state index is -0.650. The third kappa shape index (κ3) is 6.36. The second-order valence-electron chi connectivity index (χ2n) is 6.46. The predicted molar refractivity (Wildman–Crippen MR) is 118 cm³/mol. The highest BCUT2D eigenvalue weighted by Crippen LogP contribution is 2.31. The van der Waals surface area contributed by atoms with Gasteiger partial charge in [-0.2, -0.15) is 0 Å². The molecule has 2 aromatic carbocycles. The van der Waals surface area contributed by atoms with Crippen LogP contribution in [-0.2, 0) is 4.79 Å². The first kappa shape index (κ1) is 23.4. The van der Waals surface area contributed by atoms with Gasteiger partial charge < -0.3 is 23.9 Å². The fraction of sp³-hybridized carbons (Fsp3) is 0.318. The molecule has 0 radical (unpaired) electrons. The van der Waals surface area contributed by atoms with Crippen LogP contribution in [-0.4, -0.2) is 35.1 Å². The average Bonchev–Trinajstić information content (AvgIpc) is 3.25. The number of carbonyl (C=O) groups excluding carboxylic acids is 1. The van der Waals surface area contributed by atoms with Gasteiger partial charge in [0.25, 0.3) is 11.1 Å². The fourth-order valence-electron chi connectivity index (χ4n) is 2.68. The Bertz CT molecular complexity index is 1050. The van der Waals surface area contributed by atoms with E-state index in [4.69, 9.17) is 18.6 Å². The van der Waals surface area contributed by atoms with Crippen LogP contribution in [0.5, 0.6) is 17.2 Å². The molecule has 32 heavy (non-hydrogen) atoms. The van der Waals surface area contributed by atoms with Crippen molar-refractivity contribution in [1.82, 2.24) is 10.2 Å². The summed E-state index contributed by atoms with van der Waals surface area (Å²) in [4.78, 5) is 12.3. The number of halogens is 1. The van der Waals surface area contributed by atoms with E-state index in [0.29, 0.717) is 30.4 Å². The Morgan fingerprint density at radius 1 is 1.09 bits per heavy atom. The van der Waals surface area contributed by atoms with Crippen LogP contribution >= 0.6 is 11.8 Å². The molecule has 1 atom stereocenters. The van der Waals surface area contributed by atoms with Gasteiger partial charge in [-0.1, -0.05) is 23.9 Å². The van der Waals surface area contributed by atoms with Gasteiger partial charge in [-0.25, -0.2) is 4.39 Å². The van der Waals surface area contributed by atoms with E-state index < -0.39 is 11.9 Å². The lowest BCUT2D eigenvalue weighted by Crippen LogP contribution is -2.14. The van der Waals surface area contributed by atoms with Gasteiger partial charge in [0, 0.05) is 11.8 Å². The van der Waals surface area contributed by atoms with Crippen molar-refractivity contribution < 1.29 is 27.8 Å². The summed E-state index contributed by atoms with van der Waals surface area (Å²) in [5.74, 6) is 0.778. The third-order valence-corrected chi connectivity index (χ3v) is 4.88. The number of hydrogen-bond acceptors (Lipinski definition) is 8. The molecule has 0 aliphatic heterocycles. The Morgan fingerprint density at radius 2 is 1.84 bits per heavy atom. The smallest absolute Gasteiger partial charge is 0.277 e. The molecule has 170 valence electrons. The molecule has 8 nitrogen and oxygen atoms in total. The van der Waals surface area contributed by atoms with Gasteiger partial charge in [-0.05, 0) is 45.0 Å². The maximum atomic E-state index is 13.7. The van der Waals surface area contributed by atoms with Gasteiger partial charge in [0.15, 0.2) is 29.2 Å². The molecule has 0 fully saturated rings. The number of benzene rings is 2. The van der Waals surface area contributed by atoms with Crippen molar-refractivity contribution in [1.29, 1.82) is 0 Å². The zero-order valence-corrected chi connectivity index (χ0v) is 18.8. The summed E-state index contributed by atoms with van der Waals surface area (Å²) >= 11 is 1.08. The van der Waals surface area contributed by atoms with Gasteiger partial charge in [0.05, 0.1) is 19.0 Å². The highest BCUT2D eigenvalue weighted by Gasteiger charge is 2.18. The van der Waals surface area contributed by atoms with Crippen molar-refractivity contribution >= 4 is 23.4 Å². The summed E-state index contributed by atoms with van der Waals surface area (Å²) in [5.41, 5.74) is 0.584. The van der Waals surface area contributed by atoms with E-state index in [2.05, 4.69) is 15.5 Å². The number of ether oxygens (including phenoxy) is 3. The molecule has 0 saturated heterocycles. The molecular formula is C22H24FN3O5S. The minimum absolute atomic E-state index is 0.0569. The van der Waals surface area contributed by atoms with Crippen LogP contribution in [0.4, 0.5) is 10.1 Å². The van der Waals surface area contributed by atoms with Gasteiger partial charge in [-0.3, -0.25) is 4.79 Å². The molecule has 3 aromatic rings. The van der Waals surface area contributed by atoms with E-state index >= 15 is 0 Å². The van der Waals surface area contributed by atoms with E-state index in [9.17, 15) is 9.18 Å². The Labute approximate surface area is 189 Å². The molecule has 3 rings (SSSR count). The number of hydrogen-bond donors (Lipinski definition) is 1. The molecule has 1 unspecified atom stereocenters. The molecule has 1 heterocycles. The van der Waals surface area contributed by atoms with Gasteiger partial charge in [-0.15, -0.1) is 10.2 Å². The number of thioether (sulfide) groups is 1. The molecule has 0 saturated carbocycles. The molecular weight excluding hydrogens is 437 g/mol.